The standard InChI is InChI=1S/C18H30O5S2/c19-17(3-1-10-24)21-8-9-22-18(20)4-2-11-25-12-7-14-5-6-15-16(13-14)23-15/h14-16,24H,1-13H2. The molecule has 0 bridgehead atoms. The summed E-state index contributed by atoms with van der Waals surface area (Å²) < 4.78 is 15.6. The number of thioether (sulfide) groups is 1. The second-order valence-corrected chi connectivity index (χ2v) is 8.34. The summed E-state index contributed by atoms with van der Waals surface area (Å²) in [4.78, 5) is 22.8. The topological polar surface area (TPSA) is 65.1 Å². The number of carbonyl (C=O) groups is 2. The number of epoxide rings is 1. The smallest absolute Gasteiger partial charge is 0.305 e. The van der Waals surface area contributed by atoms with Crippen LogP contribution < -0.4 is 0 Å². The van der Waals surface area contributed by atoms with Crippen LogP contribution in [0.5, 0.6) is 0 Å². The molecule has 1 heterocycles. The molecular formula is C18H30O5S2. The second-order valence-electron chi connectivity index (χ2n) is 6.66. The fourth-order valence-electron chi connectivity index (χ4n) is 3.10. The molecule has 0 radical (unpaired) electrons. The molecule has 25 heavy (non-hydrogen) atoms. The molecule has 1 saturated carbocycles. The minimum atomic E-state index is -0.261. The Bertz CT molecular complexity index is 418. The van der Waals surface area contributed by atoms with Crippen LogP contribution >= 0.6 is 24.4 Å². The molecule has 3 unspecified atom stereocenters. The number of rotatable bonds is 13. The molecule has 0 aromatic heterocycles. The van der Waals surface area contributed by atoms with E-state index in [0.717, 1.165) is 18.1 Å². The third kappa shape index (κ3) is 9.20. The first-order valence-corrected chi connectivity index (χ1v) is 11.1. The van der Waals surface area contributed by atoms with Crippen molar-refractivity contribution in [3.05, 3.63) is 0 Å². The van der Waals surface area contributed by atoms with Crippen molar-refractivity contribution in [3.63, 3.8) is 0 Å². The Hall–Kier alpha value is -0.400. The van der Waals surface area contributed by atoms with Crippen molar-refractivity contribution in [2.45, 2.75) is 63.6 Å². The first-order valence-electron chi connectivity index (χ1n) is 9.34. The summed E-state index contributed by atoms with van der Waals surface area (Å²) in [5, 5.41) is 0. The van der Waals surface area contributed by atoms with E-state index in [1.165, 1.54) is 31.4 Å². The van der Waals surface area contributed by atoms with Gasteiger partial charge in [0.25, 0.3) is 0 Å². The predicted octanol–water partition coefficient (Wildman–Crippen LogP) is 3.25. The molecule has 0 aromatic carbocycles. The number of hydrogen-bond donors (Lipinski definition) is 1. The van der Waals surface area contributed by atoms with Gasteiger partial charge < -0.3 is 14.2 Å². The van der Waals surface area contributed by atoms with Crippen molar-refractivity contribution in [2.75, 3.05) is 30.5 Å². The van der Waals surface area contributed by atoms with E-state index in [0.29, 0.717) is 37.2 Å². The Morgan fingerprint density at radius 1 is 1.00 bits per heavy atom. The first kappa shape index (κ1) is 20.9. The monoisotopic (exact) mass is 390 g/mol. The van der Waals surface area contributed by atoms with Gasteiger partial charge in [-0.25, -0.2) is 0 Å². The van der Waals surface area contributed by atoms with Crippen molar-refractivity contribution in [2.24, 2.45) is 5.92 Å². The van der Waals surface area contributed by atoms with Crippen molar-refractivity contribution < 1.29 is 23.8 Å². The van der Waals surface area contributed by atoms with Crippen LogP contribution in [0.3, 0.4) is 0 Å². The van der Waals surface area contributed by atoms with Crippen LogP contribution in [-0.2, 0) is 23.8 Å². The molecular weight excluding hydrogens is 360 g/mol. The van der Waals surface area contributed by atoms with E-state index in [4.69, 9.17) is 14.2 Å². The van der Waals surface area contributed by atoms with E-state index in [1.807, 2.05) is 11.8 Å². The molecule has 1 aliphatic heterocycles. The van der Waals surface area contributed by atoms with E-state index in [9.17, 15) is 9.59 Å². The van der Waals surface area contributed by atoms with E-state index in [1.54, 1.807) is 0 Å². The van der Waals surface area contributed by atoms with Gasteiger partial charge in [-0.05, 0) is 61.7 Å². The van der Waals surface area contributed by atoms with Gasteiger partial charge in [0.2, 0.25) is 0 Å². The minimum Gasteiger partial charge on any atom is -0.462 e. The summed E-state index contributed by atoms with van der Waals surface area (Å²) in [6.45, 7) is 0.281. The summed E-state index contributed by atoms with van der Waals surface area (Å²) in [5.41, 5.74) is 0. The maximum Gasteiger partial charge on any atom is 0.305 e. The first-order chi connectivity index (χ1) is 12.2. The third-order valence-corrected chi connectivity index (χ3v) is 6.02. The fourth-order valence-corrected chi connectivity index (χ4v) is 4.31. The van der Waals surface area contributed by atoms with Crippen molar-refractivity contribution >= 4 is 36.3 Å². The van der Waals surface area contributed by atoms with E-state index in [2.05, 4.69) is 12.6 Å². The summed E-state index contributed by atoms with van der Waals surface area (Å²) >= 11 is 5.95. The van der Waals surface area contributed by atoms with Crippen LogP contribution in [0.15, 0.2) is 0 Å². The maximum atomic E-state index is 11.6. The highest BCUT2D eigenvalue weighted by atomic mass is 32.2. The fraction of sp³-hybridized carbons (Fsp3) is 0.889. The average molecular weight is 391 g/mol. The Balaban J connectivity index is 1.34. The van der Waals surface area contributed by atoms with Crippen LogP contribution in [0.4, 0.5) is 0 Å². The molecule has 5 nitrogen and oxygen atoms in total. The molecule has 7 heteroatoms. The number of esters is 2. The minimum absolute atomic E-state index is 0.138. The van der Waals surface area contributed by atoms with Gasteiger partial charge in [0.15, 0.2) is 0 Å². The number of carbonyl (C=O) groups excluding carboxylic acids is 2. The highest BCUT2D eigenvalue weighted by molar-refractivity contribution is 7.99. The van der Waals surface area contributed by atoms with Gasteiger partial charge in [0.05, 0.1) is 12.2 Å². The number of thiol groups is 1. The Kier molecular flexibility index (Phi) is 10.1. The lowest BCUT2D eigenvalue weighted by molar-refractivity contribution is -0.152. The maximum absolute atomic E-state index is 11.6. The molecule has 0 N–H and O–H groups in total. The van der Waals surface area contributed by atoms with E-state index < -0.39 is 0 Å². The highest BCUT2D eigenvalue weighted by Crippen LogP contribution is 2.40. The Labute approximate surface area is 160 Å². The van der Waals surface area contributed by atoms with Crippen molar-refractivity contribution in [3.8, 4) is 0 Å². The zero-order valence-electron chi connectivity index (χ0n) is 14.8. The lowest BCUT2D eigenvalue weighted by Gasteiger charge is -2.18. The van der Waals surface area contributed by atoms with Gasteiger partial charge in [0.1, 0.15) is 13.2 Å². The lowest BCUT2D eigenvalue weighted by atomic mass is 9.88. The van der Waals surface area contributed by atoms with Gasteiger partial charge in [-0.2, -0.15) is 24.4 Å². The van der Waals surface area contributed by atoms with Gasteiger partial charge in [-0.3, -0.25) is 9.59 Å². The van der Waals surface area contributed by atoms with Crippen LogP contribution in [0, 0.1) is 5.92 Å². The summed E-state index contributed by atoms with van der Waals surface area (Å²) in [6, 6.07) is 0. The van der Waals surface area contributed by atoms with Gasteiger partial charge in [-0.15, -0.1) is 0 Å². The predicted molar refractivity (Wildman–Crippen MR) is 102 cm³/mol. The molecule has 0 spiro atoms. The highest BCUT2D eigenvalue weighted by Gasteiger charge is 2.43. The van der Waals surface area contributed by atoms with Crippen molar-refractivity contribution in [1.82, 2.24) is 0 Å². The summed E-state index contributed by atoms with van der Waals surface area (Å²) in [6.07, 6.45) is 8.57. The molecule has 1 aliphatic carbocycles. The molecule has 3 atom stereocenters. The number of ether oxygens (including phenoxy) is 3. The van der Waals surface area contributed by atoms with E-state index >= 15 is 0 Å². The number of hydrogen-bond acceptors (Lipinski definition) is 7. The van der Waals surface area contributed by atoms with E-state index in [-0.39, 0.29) is 25.2 Å². The SMILES string of the molecule is O=C(CCCS)OCCOC(=O)CCCSCCC1CCC2OC2C1. The molecule has 2 rings (SSSR count). The molecule has 144 valence electrons. The lowest BCUT2D eigenvalue weighted by Crippen LogP contribution is -2.14. The van der Waals surface area contributed by atoms with Crippen LogP contribution in [0.25, 0.3) is 0 Å². The second kappa shape index (κ2) is 12.1. The third-order valence-electron chi connectivity index (χ3n) is 4.60. The molecule has 0 amide bonds. The normalized spacial score (nSPS) is 24.4. The summed E-state index contributed by atoms with van der Waals surface area (Å²) in [5.74, 6) is 3.18. The zero-order chi connectivity index (χ0) is 17.9. The van der Waals surface area contributed by atoms with Gasteiger partial charge in [0, 0.05) is 12.8 Å². The largest absolute Gasteiger partial charge is 0.462 e. The molecule has 2 fully saturated rings. The van der Waals surface area contributed by atoms with Crippen LogP contribution in [0.1, 0.15) is 51.4 Å². The zero-order valence-corrected chi connectivity index (χ0v) is 16.5. The quantitative estimate of drug-likeness (QED) is 0.225. The van der Waals surface area contributed by atoms with Crippen LogP contribution in [-0.4, -0.2) is 54.6 Å². The van der Waals surface area contributed by atoms with Crippen molar-refractivity contribution in [1.29, 1.82) is 0 Å². The number of fused-ring (bicyclic) bond motifs is 1. The molecule has 0 aromatic rings. The summed E-state index contributed by atoms with van der Waals surface area (Å²) in [7, 11) is 0. The Morgan fingerprint density at radius 3 is 2.40 bits per heavy atom. The average Bonchev–Trinajstić information content (AvgIpc) is 3.38. The van der Waals surface area contributed by atoms with Gasteiger partial charge in [-0.1, -0.05) is 0 Å². The Morgan fingerprint density at radius 2 is 1.72 bits per heavy atom. The molecule has 2 aliphatic rings. The van der Waals surface area contributed by atoms with Gasteiger partial charge >= 0.3 is 11.9 Å². The molecule has 1 saturated heterocycles. The van der Waals surface area contributed by atoms with Crippen LogP contribution in [0.2, 0.25) is 0 Å².